The molecule has 2 heterocycles. The van der Waals surface area contributed by atoms with Crippen molar-refractivity contribution in [3.8, 4) is 0 Å². The van der Waals surface area contributed by atoms with Gasteiger partial charge in [0.1, 0.15) is 6.54 Å². The Kier molecular flexibility index (Phi) is 6.41. The molecule has 0 radical (unpaired) electrons. The lowest BCUT2D eigenvalue weighted by Gasteiger charge is -2.19. The van der Waals surface area contributed by atoms with Crippen molar-refractivity contribution < 1.29 is 19.6 Å². The molecule has 1 fully saturated rings. The van der Waals surface area contributed by atoms with Gasteiger partial charge in [0, 0.05) is 30.8 Å². The fourth-order valence-corrected chi connectivity index (χ4v) is 3.39. The van der Waals surface area contributed by atoms with Crippen LogP contribution < -0.4 is 15.5 Å². The molecule has 26 heavy (non-hydrogen) atoms. The average molecular weight is 358 g/mol. The average Bonchev–Trinajstić information content (AvgIpc) is 2.90. The zero-order chi connectivity index (χ0) is 18.4. The van der Waals surface area contributed by atoms with E-state index in [9.17, 15) is 9.59 Å². The highest BCUT2D eigenvalue weighted by molar-refractivity contribution is 6.03. The summed E-state index contributed by atoms with van der Waals surface area (Å²) in [7, 11) is 0. The van der Waals surface area contributed by atoms with E-state index in [1.54, 1.807) is 17.1 Å². The van der Waals surface area contributed by atoms with E-state index in [1.807, 2.05) is 25.1 Å². The van der Waals surface area contributed by atoms with Crippen molar-refractivity contribution >= 4 is 17.5 Å². The van der Waals surface area contributed by atoms with Crippen LogP contribution in [0.25, 0.3) is 0 Å². The maximum atomic E-state index is 12.6. The number of hydrogen-bond donors (Lipinski definition) is 2. The van der Waals surface area contributed by atoms with Gasteiger partial charge in [-0.3, -0.25) is 9.59 Å². The van der Waals surface area contributed by atoms with Gasteiger partial charge in [-0.05, 0) is 24.5 Å². The van der Waals surface area contributed by atoms with Crippen LogP contribution in [0.5, 0.6) is 0 Å². The molecule has 2 aliphatic heterocycles. The molecule has 6 heteroatoms. The number of hydrogen-bond acceptors (Lipinski definition) is 3. The number of ether oxygens (including phenoxy) is 1. The fraction of sp³-hybridized carbons (Fsp3) is 0.500. The highest BCUT2D eigenvalue weighted by atomic mass is 16.5. The molecule has 1 aromatic rings. The monoisotopic (exact) mass is 358 g/mol. The molecular weight excluding hydrogens is 330 g/mol. The third-order valence-electron chi connectivity index (χ3n) is 4.94. The van der Waals surface area contributed by atoms with Crippen LogP contribution in [-0.4, -0.2) is 50.2 Å². The molecule has 0 bridgehead atoms. The minimum absolute atomic E-state index is 0.0401. The first-order valence-electron chi connectivity index (χ1n) is 9.50. The largest absolute Gasteiger partial charge is 0.362 e. The number of carbonyl (C=O) groups excluding carboxylic acids is 2. The molecule has 140 valence electrons. The molecule has 3 N–H and O–H groups in total. The molecular formula is C20H28N3O3+. The van der Waals surface area contributed by atoms with Crippen molar-refractivity contribution in [2.24, 2.45) is 0 Å². The number of anilines is 1. The van der Waals surface area contributed by atoms with Crippen molar-refractivity contribution in [2.45, 2.75) is 38.3 Å². The number of benzene rings is 1. The first-order chi connectivity index (χ1) is 12.7. The van der Waals surface area contributed by atoms with Gasteiger partial charge >= 0.3 is 0 Å². The van der Waals surface area contributed by atoms with E-state index in [2.05, 4.69) is 16.7 Å². The summed E-state index contributed by atoms with van der Waals surface area (Å²) in [5.74, 6) is -0.139. The van der Waals surface area contributed by atoms with Crippen molar-refractivity contribution in [1.82, 2.24) is 5.32 Å². The van der Waals surface area contributed by atoms with Gasteiger partial charge in [-0.1, -0.05) is 31.2 Å². The van der Waals surface area contributed by atoms with Gasteiger partial charge < -0.3 is 20.3 Å². The summed E-state index contributed by atoms with van der Waals surface area (Å²) < 4.78 is 5.61. The SMILES string of the molecule is CC[C@@H](/C=C/C(=O)N1CCc2ccccc21)NC(=O)[C@@H]1C[NH2+]CCCO1. The number of amides is 2. The summed E-state index contributed by atoms with van der Waals surface area (Å²) in [5, 5.41) is 5.10. The Balaban J connectivity index is 1.57. The first kappa shape index (κ1) is 18.6. The van der Waals surface area contributed by atoms with E-state index in [0.717, 1.165) is 31.5 Å². The number of para-hydroxylation sites is 1. The van der Waals surface area contributed by atoms with Crippen molar-refractivity contribution in [2.75, 3.05) is 31.1 Å². The van der Waals surface area contributed by atoms with Gasteiger partial charge in [-0.15, -0.1) is 0 Å². The van der Waals surface area contributed by atoms with Crippen LogP contribution in [0.2, 0.25) is 0 Å². The van der Waals surface area contributed by atoms with Crippen LogP contribution >= 0.6 is 0 Å². The smallest absolute Gasteiger partial charge is 0.255 e. The highest BCUT2D eigenvalue weighted by Crippen LogP contribution is 2.27. The normalized spacial score (nSPS) is 21.3. The summed E-state index contributed by atoms with van der Waals surface area (Å²) >= 11 is 0. The molecule has 6 nitrogen and oxygen atoms in total. The minimum Gasteiger partial charge on any atom is -0.362 e. The predicted molar refractivity (Wildman–Crippen MR) is 99.9 cm³/mol. The molecule has 2 atom stereocenters. The van der Waals surface area contributed by atoms with E-state index in [-0.39, 0.29) is 17.9 Å². The first-order valence-corrected chi connectivity index (χ1v) is 9.50. The number of nitrogens with one attached hydrogen (secondary N) is 1. The molecule has 2 amide bonds. The Bertz CT molecular complexity index is 666. The minimum atomic E-state index is -0.416. The number of nitrogens with zero attached hydrogens (tertiary/aromatic N) is 1. The van der Waals surface area contributed by atoms with Gasteiger partial charge in [0.05, 0.1) is 13.2 Å². The summed E-state index contributed by atoms with van der Waals surface area (Å²) in [5.41, 5.74) is 2.19. The van der Waals surface area contributed by atoms with Gasteiger partial charge in [0.2, 0.25) is 0 Å². The van der Waals surface area contributed by atoms with Gasteiger partial charge in [0.25, 0.3) is 11.8 Å². The molecule has 1 aromatic carbocycles. The van der Waals surface area contributed by atoms with E-state index in [1.165, 1.54) is 5.56 Å². The summed E-state index contributed by atoms with van der Waals surface area (Å²) in [4.78, 5) is 26.8. The standard InChI is InChI=1S/C20H27N3O3/c1-2-16(22-20(25)18-14-21-11-5-13-26-18)8-9-19(24)23-12-10-15-6-3-4-7-17(15)23/h3-4,6-9,16,18,21H,2,5,10-14H2,1H3,(H,22,25)/p+1/b9-8+/t16-,18-/m0/s1. The fourth-order valence-electron chi connectivity index (χ4n) is 3.39. The van der Waals surface area contributed by atoms with Crippen LogP contribution in [-0.2, 0) is 20.7 Å². The lowest BCUT2D eigenvalue weighted by atomic mass is 10.1. The maximum Gasteiger partial charge on any atom is 0.255 e. The van der Waals surface area contributed by atoms with E-state index >= 15 is 0 Å². The highest BCUT2D eigenvalue weighted by Gasteiger charge is 2.25. The quantitative estimate of drug-likeness (QED) is 0.747. The lowest BCUT2D eigenvalue weighted by Crippen LogP contribution is -2.86. The van der Waals surface area contributed by atoms with E-state index in [4.69, 9.17) is 4.74 Å². The van der Waals surface area contributed by atoms with E-state index in [0.29, 0.717) is 19.7 Å². The second kappa shape index (κ2) is 8.96. The van der Waals surface area contributed by atoms with Crippen LogP contribution in [0.4, 0.5) is 5.69 Å². The third kappa shape index (κ3) is 4.51. The third-order valence-corrected chi connectivity index (χ3v) is 4.94. The molecule has 0 aliphatic carbocycles. The Morgan fingerprint density at radius 3 is 3.12 bits per heavy atom. The Labute approximate surface area is 154 Å². The molecule has 0 aromatic heterocycles. The van der Waals surface area contributed by atoms with Crippen molar-refractivity contribution in [3.05, 3.63) is 42.0 Å². The predicted octanol–water partition coefficient (Wildman–Crippen LogP) is 0.379. The molecule has 3 rings (SSSR count). The molecule has 0 spiro atoms. The molecule has 1 saturated heterocycles. The number of quaternary nitrogens is 1. The second-order valence-corrected chi connectivity index (χ2v) is 6.78. The van der Waals surface area contributed by atoms with Crippen LogP contribution in [0, 0.1) is 0 Å². The Morgan fingerprint density at radius 1 is 1.42 bits per heavy atom. The van der Waals surface area contributed by atoms with Gasteiger partial charge in [0.15, 0.2) is 6.10 Å². The van der Waals surface area contributed by atoms with Crippen LogP contribution in [0.1, 0.15) is 25.3 Å². The lowest BCUT2D eigenvalue weighted by molar-refractivity contribution is -0.654. The maximum absolute atomic E-state index is 12.6. The molecule has 0 unspecified atom stereocenters. The summed E-state index contributed by atoms with van der Waals surface area (Å²) in [6, 6.07) is 7.82. The van der Waals surface area contributed by atoms with Crippen molar-refractivity contribution in [1.29, 1.82) is 0 Å². The summed E-state index contributed by atoms with van der Waals surface area (Å²) in [6.07, 6.45) is 5.54. The van der Waals surface area contributed by atoms with Crippen molar-refractivity contribution in [3.63, 3.8) is 0 Å². The number of nitrogens with two attached hydrogens (primary N) is 1. The zero-order valence-electron chi connectivity index (χ0n) is 15.3. The second-order valence-electron chi connectivity index (χ2n) is 6.78. The Morgan fingerprint density at radius 2 is 2.27 bits per heavy atom. The topological polar surface area (TPSA) is 75.3 Å². The molecule has 0 saturated carbocycles. The van der Waals surface area contributed by atoms with Gasteiger partial charge in [-0.25, -0.2) is 0 Å². The van der Waals surface area contributed by atoms with Crippen LogP contribution in [0.15, 0.2) is 36.4 Å². The number of fused-ring (bicyclic) bond motifs is 1. The van der Waals surface area contributed by atoms with Crippen LogP contribution in [0.3, 0.4) is 0 Å². The van der Waals surface area contributed by atoms with Gasteiger partial charge in [-0.2, -0.15) is 0 Å². The summed E-state index contributed by atoms with van der Waals surface area (Å²) in [6.45, 7) is 4.96. The number of rotatable bonds is 5. The molecule has 2 aliphatic rings. The Hall–Kier alpha value is -2.18. The van der Waals surface area contributed by atoms with E-state index < -0.39 is 6.10 Å². The number of carbonyl (C=O) groups is 2. The zero-order valence-corrected chi connectivity index (χ0v) is 15.3.